The Bertz CT molecular complexity index is 802. The van der Waals surface area contributed by atoms with Gasteiger partial charge in [0.25, 0.3) is 5.91 Å². The molecule has 5 nitrogen and oxygen atoms in total. The van der Waals surface area contributed by atoms with E-state index in [1.165, 1.54) is 0 Å². The largest absolute Gasteiger partial charge is 0.486 e. The fraction of sp³-hybridized carbons (Fsp3) is 0.0588. The summed E-state index contributed by atoms with van der Waals surface area (Å²) in [6.45, 7) is 0.211. The molecule has 1 aromatic carbocycles. The number of nitrogens with zero attached hydrogens (tertiary/aromatic N) is 1. The summed E-state index contributed by atoms with van der Waals surface area (Å²) in [6.07, 6.45) is 3.20. The number of hydrogen-bond donors (Lipinski definition) is 1. The van der Waals surface area contributed by atoms with Gasteiger partial charge in [-0.15, -0.1) is 0 Å². The van der Waals surface area contributed by atoms with Crippen LogP contribution in [-0.2, 0) is 6.61 Å². The van der Waals surface area contributed by atoms with Crippen LogP contribution in [0.25, 0.3) is 0 Å². The predicted molar refractivity (Wildman–Crippen MR) is 86.7 cm³/mol. The lowest BCUT2D eigenvalue weighted by molar-refractivity contribution is 0.0992. The van der Waals surface area contributed by atoms with Crippen LogP contribution >= 0.6 is 11.6 Å². The van der Waals surface area contributed by atoms with Crippen LogP contribution in [0.15, 0.2) is 65.3 Å². The summed E-state index contributed by atoms with van der Waals surface area (Å²) in [5.41, 5.74) is 0.651. The van der Waals surface area contributed by atoms with Gasteiger partial charge in [0.2, 0.25) is 0 Å². The zero-order valence-corrected chi connectivity index (χ0v) is 12.8. The third-order valence-corrected chi connectivity index (χ3v) is 3.24. The Labute approximate surface area is 137 Å². The molecule has 0 bridgehead atoms. The number of carbonyl (C=O) groups is 1. The first-order chi connectivity index (χ1) is 11.2. The Balaban J connectivity index is 1.60. The van der Waals surface area contributed by atoms with Gasteiger partial charge in [0.1, 0.15) is 18.1 Å². The van der Waals surface area contributed by atoms with Crippen molar-refractivity contribution in [3.63, 3.8) is 0 Å². The van der Waals surface area contributed by atoms with Gasteiger partial charge < -0.3 is 14.5 Å². The maximum Gasteiger partial charge on any atom is 0.291 e. The quantitative estimate of drug-likeness (QED) is 0.763. The maximum absolute atomic E-state index is 12.1. The Hall–Kier alpha value is -2.79. The van der Waals surface area contributed by atoms with Gasteiger partial charge in [-0.25, -0.2) is 0 Å². The summed E-state index contributed by atoms with van der Waals surface area (Å²) < 4.78 is 11.1. The van der Waals surface area contributed by atoms with E-state index in [9.17, 15) is 4.79 Å². The van der Waals surface area contributed by atoms with Crippen LogP contribution in [0.3, 0.4) is 0 Å². The SMILES string of the molecule is O=C(Nc1ccncc1)c1ccc(COc2cccc(Cl)c2)o1. The molecule has 0 saturated heterocycles. The summed E-state index contributed by atoms with van der Waals surface area (Å²) in [5.74, 6) is 1.07. The first-order valence-electron chi connectivity index (χ1n) is 6.89. The van der Waals surface area contributed by atoms with Gasteiger partial charge in [-0.2, -0.15) is 0 Å². The van der Waals surface area contributed by atoms with Gasteiger partial charge in [0, 0.05) is 23.1 Å². The number of furan rings is 1. The van der Waals surface area contributed by atoms with Crippen molar-refractivity contribution in [2.24, 2.45) is 0 Å². The topological polar surface area (TPSA) is 64.4 Å². The number of nitrogens with one attached hydrogen (secondary N) is 1. The van der Waals surface area contributed by atoms with Crippen molar-refractivity contribution in [3.8, 4) is 5.75 Å². The van der Waals surface area contributed by atoms with Crippen LogP contribution in [0.4, 0.5) is 5.69 Å². The van der Waals surface area contributed by atoms with Crippen molar-refractivity contribution in [1.82, 2.24) is 4.98 Å². The number of hydrogen-bond acceptors (Lipinski definition) is 4. The van der Waals surface area contributed by atoms with Gasteiger partial charge >= 0.3 is 0 Å². The normalized spacial score (nSPS) is 10.3. The Morgan fingerprint density at radius 2 is 2.00 bits per heavy atom. The molecule has 6 heteroatoms. The monoisotopic (exact) mass is 328 g/mol. The lowest BCUT2D eigenvalue weighted by Crippen LogP contribution is -2.10. The van der Waals surface area contributed by atoms with E-state index in [0.717, 1.165) is 0 Å². The molecule has 0 radical (unpaired) electrons. The van der Waals surface area contributed by atoms with Crippen LogP contribution in [0.5, 0.6) is 5.75 Å². The Morgan fingerprint density at radius 3 is 2.78 bits per heavy atom. The summed E-state index contributed by atoms with van der Waals surface area (Å²) in [6, 6.07) is 13.8. The average molecular weight is 329 g/mol. The van der Waals surface area contributed by atoms with E-state index in [1.54, 1.807) is 60.9 Å². The molecule has 3 aromatic rings. The van der Waals surface area contributed by atoms with Crippen molar-refractivity contribution in [2.45, 2.75) is 6.61 Å². The van der Waals surface area contributed by atoms with Gasteiger partial charge in [-0.05, 0) is 42.5 Å². The van der Waals surface area contributed by atoms with E-state index in [1.807, 2.05) is 0 Å². The number of amides is 1. The fourth-order valence-corrected chi connectivity index (χ4v) is 2.10. The second kappa shape index (κ2) is 6.98. The minimum atomic E-state index is -0.329. The standard InChI is InChI=1S/C17H13ClN2O3/c18-12-2-1-3-14(10-12)22-11-15-4-5-16(23-15)17(21)20-13-6-8-19-9-7-13/h1-10H,11H2,(H,19,20,21). The first kappa shape index (κ1) is 15.1. The third-order valence-electron chi connectivity index (χ3n) is 3.00. The number of aromatic nitrogens is 1. The van der Waals surface area contributed by atoms with Gasteiger partial charge in [-0.1, -0.05) is 17.7 Å². The highest BCUT2D eigenvalue weighted by Gasteiger charge is 2.11. The van der Waals surface area contributed by atoms with Crippen molar-refractivity contribution >= 4 is 23.2 Å². The molecule has 23 heavy (non-hydrogen) atoms. The number of rotatable bonds is 5. The molecule has 0 aliphatic heterocycles. The molecule has 0 aliphatic rings. The molecule has 0 saturated carbocycles. The number of anilines is 1. The second-order valence-corrected chi connectivity index (χ2v) is 5.14. The number of ether oxygens (including phenoxy) is 1. The zero-order valence-electron chi connectivity index (χ0n) is 12.0. The molecular weight excluding hydrogens is 316 g/mol. The molecule has 0 aliphatic carbocycles. The fourth-order valence-electron chi connectivity index (χ4n) is 1.92. The van der Waals surface area contributed by atoms with E-state index in [-0.39, 0.29) is 18.3 Å². The first-order valence-corrected chi connectivity index (χ1v) is 7.27. The molecule has 3 rings (SSSR count). The van der Waals surface area contributed by atoms with Crippen LogP contribution < -0.4 is 10.1 Å². The van der Waals surface area contributed by atoms with E-state index >= 15 is 0 Å². The minimum Gasteiger partial charge on any atom is -0.486 e. The van der Waals surface area contributed by atoms with Crippen LogP contribution in [-0.4, -0.2) is 10.9 Å². The molecular formula is C17H13ClN2O3. The molecule has 2 aromatic heterocycles. The number of carbonyl (C=O) groups excluding carboxylic acids is 1. The smallest absolute Gasteiger partial charge is 0.291 e. The minimum absolute atomic E-state index is 0.211. The van der Waals surface area contributed by atoms with Crippen molar-refractivity contribution in [1.29, 1.82) is 0 Å². The molecule has 0 fully saturated rings. The lowest BCUT2D eigenvalue weighted by Gasteiger charge is -2.04. The summed E-state index contributed by atoms with van der Waals surface area (Å²) in [5, 5.41) is 3.32. The second-order valence-electron chi connectivity index (χ2n) is 4.70. The van der Waals surface area contributed by atoms with Crippen LogP contribution in [0, 0.1) is 0 Å². The number of benzene rings is 1. The van der Waals surface area contributed by atoms with Crippen LogP contribution in [0.2, 0.25) is 5.02 Å². The number of halogens is 1. The lowest BCUT2D eigenvalue weighted by atomic mass is 10.3. The number of pyridine rings is 1. The van der Waals surface area contributed by atoms with Crippen molar-refractivity contribution < 1.29 is 13.9 Å². The molecule has 1 N–H and O–H groups in total. The highest BCUT2D eigenvalue weighted by atomic mass is 35.5. The summed E-state index contributed by atoms with van der Waals surface area (Å²) in [4.78, 5) is 16.0. The molecule has 0 spiro atoms. The van der Waals surface area contributed by atoms with E-state index in [2.05, 4.69) is 10.3 Å². The Kier molecular flexibility index (Phi) is 4.59. The van der Waals surface area contributed by atoms with Crippen LogP contribution in [0.1, 0.15) is 16.3 Å². The molecule has 1 amide bonds. The predicted octanol–water partition coefficient (Wildman–Crippen LogP) is 4.16. The third kappa shape index (κ3) is 4.11. The van der Waals surface area contributed by atoms with E-state index < -0.39 is 0 Å². The van der Waals surface area contributed by atoms with Gasteiger partial charge in [0.15, 0.2) is 5.76 Å². The molecule has 0 atom stereocenters. The molecule has 0 unspecified atom stereocenters. The van der Waals surface area contributed by atoms with E-state index in [0.29, 0.717) is 22.2 Å². The van der Waals surface area contributed by atoms with Gasteiger partial charge in [0.05, 0.1) is 0 Å². The van der Waals surface area contributed by atoms with E-state index in [4.69, 9.17) is 20.8 Å². The zero-order chi connectivity index (χ0) is 16.1. The maximum atomic E-state index is 12.1. The summed E-state index contributed by atoms with van der Waals surface area (Å²) >= 11 is 5.89. The van der Waals surface area contributed by atoms with Crippen molar-refractivity contribution in [3.05, 3.63) is 77.5 Å². The Morgan fingerprint density at radius 1 is 1.17 bits per heavy atom. The summed E-state index contributed by atoms with van der Waals surface area (Å²) in [7, 11) is 0. The molecule has 2 heterocycles. The van der Waals surface area contributed by atoms with Gasteiger partial charge in [-0.3, -0.25) is 9.78 Å². The average Bonchev–Trinajstić information content (AvgIpc) is 3.03. The highest BCUT2D eigenvalue weighted by molar-refractivity contribution is 6.30. The highest BCUT2D eigenvalue weighted by Crippen LogP contribution is 2.19. The molecule has 116 valence electrons. The van der Waals surface area contributed by atoms with Crippen molar-refractivity contribution in [2.75, 3.05) is 5.32 Å².